The molecule has 4 amide bonds. The summed E-state index contributed by atoms with van der Waals surface area (Å²) in [4.78, 5) is 59.8. The first kappa shape index (κ1) is 34.5. The van der Waals surface area contributed by atoms with Crippen LogP contribution in [-0.2, 0) is 37.5 Å². The number of nitrogens with zero attached hydrogens (tertiary/aromatic N) is 1. The van der Waals surface area contributed by atoms with Gasteiger partial charge in [-0.1, -0.05) is 12.8 Å². The molecule has 1 saturated heterocycles. The van der Waals surface area contributed by atoms with Crippen LogP contribution in [0.5, 0.6) is 0 Å². The molecular weight excluding hydrogens is 517 g/mol. The first-order valence-corrected chi connectivity index (χ1v) is 14.2. The highest BCUT2D eigenvalue weighted by Crippen LogP contribution is 2.36. The highest BCUT2D eigenvalue weighted by Gasteiger charge is 2.38. The van der Waals surface area contributed by atoms with Crippen LogP contribution in [0.1, 0.15) is 44.9 Å². The summed E-state index contributed by atoms with van der Waals surface area (Å²) in [5.41, 5.74) is 0. The average molecular weight is 557 g/mol. The second-order valence-corrected chi connectivity index (χ2v) is 10.3. The zero-order valence-corrected chi connectivity index (χ0v) is 22.9. The predicted octanol–water partition coefficient (Wildman–Crippen LogP) is -0.194. The van der Waals surface area contributed by atoms with Gasteiger partial charge in [0.25, 0.3) is 7.82 Å². The summed E-state index contributed by atoms with van der Waals surface area (Å²) in [6, 6.07) is 0. The highest BCUT2D eigenvalue weighted by molar-refractivity contribution is 8.00. The van der Waals surface area contributed by atoms with E-state index in [0.717, 1.165) is 38.4 Å². The van der Waals surface area contributed by atoms with Crippen LogP contribution in [0.4, 0.5) is 0 Å². The number of likely N-dealkylation sites (tertiary alicyclic amines) is 1. The quantitative estimate of drug-likeness (QED) is 0.109. The lowest BCUT2D eigenvalue weighted by Crippen LogP contribution is -2.36. The van der Waals surface area contributed by atoms with Crippen LogP contribution in [0.25, 0.3) is 0 Å². The highest BCUT2D eigenvalue weighted by atomic mass is 32.2. The summed E-state index contributed by atoms with van der Waals surface area (Å²) in [5.74, 6) is -0.236. The Kier molecular flexibility index (Phi) is 19.6. The monoisotopic (exact) mass is 556 g/mol. The lowest BCUT2D eigenvalue weighted by atomic mass is 10.2. The molecule has 36 heavy (non-hydrogen) atoms. The summed E-state index contributed by atoms with van der Waals surface area (Å²) < 4.78 is 25.1. The van der Waals surface area contributed by atoms with Gasteiger partial charge in [0.1, 0.15) is 0 Å². The van der Waals surface area contributed by atoms with E-state index in [-0.39, 0.29) is 75.8 Å². The number of hydrogen-bond acceptors (Lipinski definition) is 11. The number of phosphoric ester groups is 1. The summed E-state index contributed by atoms with van der Waals surface area (Å²) in [7, 11) is -0.573. The SMILES string of the molecule is CNC(=O)CCOCCNC(=O)CCN1C(=O)CC(SCCCCCCOP(=O)([O-])OC)C1=O.CO. The van der Waals surface area contributed by atoms with Crippen LogP contribution in [0, 0.1) is 0 Å². The third-order valence-electron chi connectivity index (χ3n) is 4.92. The number of carbonyl (C=O) groups is 4. The number of nitrogens with one attached hydrogen (secondary N) is 2. The van der Waals surface area contributed by atoms with Crippen molar-refractivity contribution >= 4 is 43.2 Å². The zero-order valence-electron chi connectivity index (χ0n) is 21.2. The van der Waals surface area contributed by atoms with Crippen molar-refractivity contribution in [1.82, 2.24) is 15.5 Å². The van der Waals surface area contributed by atoms with Crippen molar-refractivity contribution < 1.29 is 47.5 Å². The number of aliphatic hydroxyl groups excluding tert-OH is 1. The Balaban J connectivity index is 0.00000596. The fraction of sp³-hybridized carbons (Fsp3) is 0.810. The Hall–Kier alpha value is -1.54. The lowest BCUT2D eigenvalue weighted by Gasteiger charge is -2.19. The number of hydrogen-bond donors (Lipinski definition) is 3. The predicted molar refractivity (Wildman–Crippen MR) is 132 cm³/mol. The molecule has 0 saturated carbocycles. The number of phosphoric acid groups is 1. The first-order chi connectivity index (χ1) is 17.2. The minimum atomic E-state index is -4.17. The van der Waals surface area contributed by atoms with Crippen LogP contribution in [-0.4, -0.2) is 98.8 Å². The molecule has 0 aromatic carbocycles. The second-order valence-electron chi connectivity index (χ2n) is 7.46. The Bertz CT molecular complexity index is 728. The van der Waals surface area contributed by atoms with Crippen LogP contribution >= 0.6 is 19.6 Å². The maximum absolute atomic E-state index is 12.5. The van der Waals surface area contributed by atoms with Gasteiger partial charge in [0, 0.05) is 53.6 Å². The van der Waals surface area contributed by atoms with Crippen LogP contribution in [0.15, 0.2) is 0 Å². The van der Waals surface area contributed by atoms with Gasteiger partial charge in [0.2, 0.25) is 23.6 Å². The van der Waals surface area contributed by atoms with Crippen molar-refractivity contribution in [3.05, 3.63) is 0 Å². The third-order valence-corrected chi connectivity index (χ3v) is 7.16. The van der Waals surface area contributed by atoms with Gasteiger partial charge in [-0.05, 0) is 18.6 Å². The molecule has 0 radical (unpaired) electrons. The fourth-order valence-corrected chi connectivity index (χ4v) is 4.63. The van der Waals surface area contributed by atoms with Gasteiger partial charge in [-0.3, -0.25) is 28.6 Å². The number of aliphatic hydroxyl groups is 1. The topological polar surface area (TPSA) is 184 Å². The van der Waals surface area contributed by atoms with Gasteiger partial charge < -0.3 is 34.4 Å². The molecule has 1 heterocycles. The molecule has 3 N–H and O–H groups in total. The van der Waals surface area contributed by atoms with E-state index in [1.165, 1.54) is 11.8 Å². The average Bonchev–Trinajstić information content (AvgIpc) is 3.14. The van der Waals surface area contributed by atoms with E-state index in [9.17, 15) is 28.6 Å². The van der Waals surface area contributed by atoms with E-state index in [1.54, 1.807) is 7.05 Å². The van der Waals surface area contributed by atoms with Crippen molar-refractivity contribution in [2.45, 2.75) is 50.2 Å². The normalized spacial score (nSPS) is 16.8. The van der Waals surface area contributed by atoms with Gasteiger partial charge in [0.15, 0.2) is 0 Å². The molecule has 2 atom stereocenters. The van der Waals surface area contributed by atoms with E-state index in [0.29, 0.717) is 12.2 Å². The molecule has 0 aliphatic carbocycles. The summed E-state index contributed by atoms with van der Waals surface area (Å²) in [6.45, 7) is 0.927. The Morgan fingerprint density at radius 1 is 1.11 bits per heavy atom. The molecule has 13 nitrogen and oxygen atoms in total. The van der Waals surface area contributed by atoms with Crippen LogP contribution < -0.4 is 15.5 Å². The van der Waals surface area contributed by atoms with Crippen molar-refractivity contribution in [3.8, 4) is 0 Å². The van der Waals surface area contributed by atoms with E-state index < -0.39 is 13.1 Å². The first-order valence-electron chi connectivity index (χ1n) is 11.7. The molecule has 0 spiro atoms. The van der Waals surface area contributed by atoms with E-state index in [2.05, 4.69) is 19.7 Å². The van der Waals surface area contributed by atoms with E-state index >= 15 is 0 Å². The largest absolute Gasteiger partial charge is 0.756 e. The summed E-state index contributed by atoms with van der Waals surface area (Å²) in [5, 5.41) is 11.7. The maximum atomic E-state index is 12.5. The molecule has 1 fully saturated rings. The molecule has 2 unspecified atom stereocenters. The standard InChI is InChI=1S/C20H36N3O9PS.CH4O/c1-21-17(24)8-12-31-13-9-22-18(25)7-10-23-19(26)15-16(20(23)27)34-14-6-4-3-5-11-32-33(28,29)30-2;1-2/h16H,3-15H2,1-2H3,(H,21,24)(H,22,25)(H,28,29);2H,1H3/p-1. The van der Waals surface area contributed by atoms with Crippen LogP contribution in [0.3, 0.4) is 0 Å². The van der Waals surface area contributed by atoms with Crippen molar-refractivity contribution in [3.63, 3.8) is 0 Å². The third kappa shape index (κ3) is 15.5. The van der Waals surface area contributed by atoms with Gasteiger partial charge in [-0.2, -0.15) is 0 Å². The second kappa shape index (κ2) is 20.5. The number of rotatable bonds is 19. The number of unbranched alkanes of at least 4 members (excludes halogenated alkanes) is 3. The minimum absolute atomic E-state index is 0.0224. The Morgan fingerprint density at radius 2 is 1.81 bits per heavy atom. The summed E-state index contributed by atoms with van der Waals surface area (Å²) in [6.07, 6.45) is 3.44. The fourth-order valence-electron chi connectivity index (χ4n) is 2.99. The van der Waals surface area contributed by atoms with E-state index in [1.807, 2.05) is 0 Å². The number of thioether (sulfide) groups is 1. The molecule has 15 heteroatoms. The van der Waals surface area contributed by atoms with Crippen molar-refractivity contribution in [2.75, 3.05) is 59.9 Å². The number of carbonyl (C=O) groups excluding carboxylic acids is 4. The number of ether oxygens (including phenoxy) is 1. The number of imide groups is 1. The molecule has 1 aliphatic heterocycles. The molecular formula is C21H39N3O10PS-. The van der Waals surface area contributed by atoms with Gasteiger partial charge in [-0.25, -0.2) is 0 Å². The molecule has 0 bridgehead atoms. The molecule has 1 rings (SSSR count). The van der Waals surface area contributed by atoms with Crippen molar-refractivity contribution in [2.24, 2.45) is 0 Å². The lowest BCUT2D eigenvalue weighted by molar-refractivity contribution is -0.223. The van der Waals surface area contributed by atoms with Crippen LogP contribution in [0.2, 0.25) is 0 Å². The maximum Gasteiger partial charge on any atom is 0.267 e. The summed E-state index contributed by atoms with van der Waals surface area (Å²) >= 11 is 1.43. The van der Waals surface area contributed by atoms with E-state index in [4.69, 9.17) is 9.84 Å². The smallest absolute Gasteiger partial charge is 0.267 e. The molecule has 1 aliphatic rings. The van der Waals surface area contributed by atoms with Crippen molar-refractivity contribution in [1.29, 1.82) is 0 Å². The van der Waals surface area contributed by atoms with Gasteiger partial charge in [0.05, 0.1) is 25.1 Å². The Labute approximate surface area is 216 Å². The molecule has 210 valence electrons. The Morgan fingerprint density at radius 3 is 2.47 bits per heavy atom. The van der Waals surface area contributed by atoms with Gasteiger partial charge in [-0.15, -0.1) is 11.8 Å². The molecule has 0 aromatic heterocycles. The molecule has 0 aromatic rings. The number of amides is 4. The minimum Gasteiger partial charge on any atom is -0.756 e. The zero-order chi connectivity index (χ0) is 27.4. The van der Waals surface area contributed by atoms with Gasteiger partial charge >= 0.3 is 0 Å².